The highest BCUT2D eigenvalue weighted by molar-refractivity contribution is 5.41. The van der Waals surface area contributed by atoms with Gasteiger partial charge in [0.05, 0.1) is 6.61 Å². The van der Waals surface area contributed by atoms with Crippen LogP contribution in [0, 0.1) is 25.7 Å². The zero-order valence-corrected chi connectivity index (χ0v) is 17.8. The molecule has 3 atom stereocenters. The van der Waals surface area contributed by atoms with Crippen LogP contribution >= 0.6 is 0 Å². The van der Waals surface area contributed by atoms with Crippen LogP contribution < -0.4 is 4.74 Å². The molecule has 2 aromatic carbocycles. The molecule has 156 valence electrons. The molecule has 0 bridgehead atoms. The SMILES string of the molecule is Cc1cc(C)cc(C#C[C@@H]2C=C[C@H](Oc3ccc(C4CCCC4)cc3)[C@@H](CO)O2)c1. The Morgan fingerprint density at radius 2 is 1.70 bits per heavy atom. The normalized spacial score (nSPS) is 23.8. The van der Waals surface area contributed by atoms with Gasteiger partial charge >= 0.3 is 0 Å². The Balaban J connectivity index is 1.41. The van der Waals surface area contributed by atoms with Crippen LogP contribution in [0.2, 0.25) is 0 Å². The average molecular weight is 403 g/mol. The van der Waals surface area contributed by atoms with Crippen molar-refractivity contribution in [2.75, 3.05) is 6.61 Å². The van der Waals surface area contributed by atoms with Crippen molar-refractivity contribution in [2.45, 2.75) is 63.8 Å². The molecule has 0 radical (unpaired) electrons. The van der Waals surface area contributed by atoms with Crippen LogP contribution in [0.5, 0.6) is 5.75 Å². The highest BCUT2D eigenvalue weighted by Crippen LogP contribution is 2.34. The first-order chi connectivity index (χ1) is 14.6. The van der Waals surface area contributed by atoms with Gasteiger partial charge in [0.25, 0.3) is 0 Å². The molecule has 3 nitrogen and oxygen atoms in total. The summed E-state index contributed by atoms with van der Waals surface area (Å²) in [5, 5.41) is 9.82. The maximum Gasteiger partial charge on any atom is 0.145 e. The fraction of sp³-hybridized carbons (Fsp3) is 0.407. The standard InChI is InChI=1S/C27H30O3/c1-19-15-20(2)17-21(16-19)7-10-24-13-14-26(27(18-28)30-24)29-25-11-8-23(9-12-25)22-5-3-4-6-22/h8-9,11-17,22,24,26-28H,3-6,18H2,1-2H3/t24-,26+,27-/m1/s1. The lowest BCUT2D eigenvalue weighted by Gasteiger charge is -2.29. The molecule has 1 saturated carbocycles. The summed E-state index contributed by atoms with van der Waals surface area (Å²) in [4.78, 5) is 0. The number of aliphatic hydroxyl groups excluding tert-OH is 1. The minimum Gasteiger partial charge on any atom is -0.484 e. The van der Waals surface area contributed by atoms with Crippen molar-refractivity contribution in [3.63, 3.8) is 0 Å². The van der Waals surface area contributed by atoms with Crippen LogP contribution in [0.4, 0.5) is 0 Å². The van der Waals surface area contributed by atoms with E-state index < -0.39 is 6.10 Å². The zero-order chi connectivity index (χ0) is 20.9. The minimum absolute atomic E-state index is 0.114. The van der Waals surface area contributed by atoms with E-state index in [1.807, 2.05) is 24.3 Å². The van der Waals surface area contributed by atoms with E-state index in [-0.39, 0.29) is 18.8 Å². The maximum absolute atomic E-state index is 9.82. The van der Waals surface area contributed by atoms with Crippen molar-refractivity contribution < 1.29 is 14.6 Å². The summed E-state index contributed by atoms with van der Waals surface area (Å²) < 4.78 is 12.1. The highest BCUT2D eigenvalue weighted by atomic mass is 16.6. The first kappa shape index (κ1) is 20.7. The Kier molecular flexibility index (Phi) is 6.57. The lowest BCUT2D eigenvalue weighted by Crippen LogP contribution is -2.40. The van der Waals surface area contributed by atoms with Gasteiger partial charge in [-0.25, -0.2) is 0 Å². The van der Waals surface area contributed by atoms with Gasteiger partial charge in [-0.05, 0) is 85.7 Å². The number of benzene rings is 2. The molecule has 0 aromatic heterocycles. The molecule has 3 heteroatoms. The Hall–Kier alpha value is -2.54. The van der Waals surface area contributed by atoms with Crippen LogP contribution in [-0.2, 0) is 4.74 Å². The summed E-state index contributed by atoms with van der Waals surface area (Å²) >= 11 is 0. The lowest BCUT2D eigenvalue weighted by atomic mass is 9.98. The van der Waals surface area contributed by atoms with Gasteiger partial charge in [0, 0.05) is 5.56 Å². The number of aryl methyl sites for hydroxylation is 2. The molecule has 0 amide bonds. The fourth-order valence-corrected chi connectivity index (χ4v) is 4.43. The molecule has 1 heterocycles. The van der Waals surface area contributed by atoms with E-state index in [0.29, 0.717) is 5.92 Å². The minimum atomic E-state index is -0.442. The third-order valence-corrected chi connectivity index (χ3v) is 5.90. The van der Waals surface area contributed by atoms with Gasteiger partial charge in [-0.1, -0.05) is 42.9 Å². The summed E-state index contributed by atoms with van der Waals surface area (Å²) in [6.45, 7) is 4.02. The number of aliphatic hydroxyl groups is 1. The molecular formula is C27H30O3. The van der Waals surface area contributed by atoms with E-state index in [1.54, 1.807) is 0 Å². The molecule has 2 aliphatic rings. The monoisotopic (exact) mass is 402 g/mol. The van der Waals surface area contributed by atoms with Crippen molar-refractivity contribution in [1.29, 1.82) is 0 Å². The van der Waals surface area contributed by atoms with Gasteiger partial charge in [0.1, 0.15) is 24.1 Å². The predicted octanol–water partition coefficient (Wildman–Crippen LogP) is 5.08. The molecule has 30 heavy (non-hydrogen) atoms. The largest absolute Gasteiger partial charge is 0.484 e. The molecule has 1 fully saturated rings. The Morgan fingerprint density at radius 1 is 1.00 bits per heavy atom. The van der Waals surface area contributed by atoms with Crippen LogP contribution in [-0.4, -0.2) is 30.0 Å². The molecule has 2 aromatic rings. The van der Waals surface area contributed by atoms with Crippen LogP contribution in [0.15, 0.2) is 54.6 Å². The second kappa shape index (κ2) is 9.51. The van der Waals surface area contributed by atoms with E-state index in [9.17, 15) is 5.11 Å². The van der Waals surface area contributed by atoms with Crippen molar-refractivity contribution in [1.82, 2.24) is 0 Å². The van der Waals surface area contributed by atoms with Gasteiger partial charge in [-0.15, -0.1) is 0 Å². The van der Waals surface area contributed by atoms with Crippen molar-refractivity contribution in [2.24, 2.45) is 0 Å². The summed E-state index contributed by atoms with van der Waals surface area (Å²) in [5.74, 6) is 7.84. The smallest absolute Gasteiger partial charge is 0.145 e. The molecule has 0 spiro atoms. The second-order valence-electron chi connectivity index (χ2n) is 8.44. The van der Waals surface area contributed by atoms with Crippen molar-refractivity contribution in [3.05, 3.63) is 76.9 Å². The number of rotatable bonds is 4. The molecule has 1 aliphatic heterocycles. The second-order valence-corrected chi connectivity index (χ2v) is 8.44. The fourth-order valence-electron chi connectivity index (χ4n) is 4.43. The van der Waals surface area contributed by atoms with Crippen molar-refractivity contribution in [3.8, 4) is 17.6 Å². The zero-order valence-electron chi connectivity index (χ0n) is 17.8. The van der Waals surface area contributed by atoms with Gasteiger partial charge in [-0.2, -0.15) is 0 Å². The number of hydrogen-bond donors (Lipinski definition) is 1. The molecule has 0 saturated heterocycles. The van der Waals surface area contributed by atoms with Gasteiger partial charge in [-0.3, -0.25) is 0 Å². The number of ether oxygens (including phenoxy) is 2. The van der Waals surface area contributed by atoms with E-state index in [1.165, 1.54) is 42.4 Å². The Morgan fingerprint density at radius 3 is 2.37 bits per heavy atom. The van der Waals surface area contributed by atoms with E-state index >= 15 is 0 Å². The summed E-state index contributed by atoms with van der Waals surface area (Å²) in [5.41, 5.74) is 4.77. The third-order valence-electron chi connectivity index (χ3n) is 5.90. The van der Waals surface area contributed by atoms with Crippen LogP contribution in [0.25, 0.3) is 0 Å². The maximum atomic E-state index is 9.82. The summed E-state index contributed by atoms with van der Waals surface area (Å²) in [6.07, 6.45) is 7.99. The predicted molar refractivity (Wildman–Crippen MR) is 120 cm³/mol. The van der Waals surface area contributed by atoms with Gasteiger partial charge in [0.2, 0.25) is 0 Å². The van der Waals surface area contributed by atoms with E-state index in [0.717, 1.165) is 11.3 Å². The van der Waals surface area contributed by atoms with E-state index in [4.69, 9.17) is 9.47 Å². The Bertz CT molecular complexity index is 922. The molecule has 4 rings (SSSR count). The first-order valence-corrected chi connectivity index (χ1v) is 10.9. The summed E-state index contributed by atoms with van der Waals surface area (Å²) in [7, 11) is 0. The van der Waals surface area contributed by atoms with Crippen molar-refractivity contribution >= 4 is 0 Å². The molecule has 1 N–H and O–H groups in total. The molecule has 1 aliphatic carbocycles. The summed E-state index contributed by atoms with van der Waals surface area (Å²) in [6, 6.07) is 14.7. The molecule has 0 unspecified atom stereocenters. The lowest BCUT2D eigenvalue weighted by molar-refractivity contribution is -0.0549. The topological polar surface area (TPSA) is 38.7 Å². The third kappa shape index (κ3) is 5.14. The first-order valence-electron chi connectivity index (χ1n) is 10.9. The molecular weight excluding hydrogens is 372 g/mol. The van der Waals surface area contributed by atoms with Crippen LogP contribution in [0.1, 0.15) is 53.9 Å². The van der Waals surface area contributed by atoms with Crippen LogP contribution in [0.3, 0.4) is 0 Å². The average Bonchev–Trinajstić information content (AvgIpc) is 3.28. The highest BCUT2D eigenvalue weighted by Gasteiger charge is 2.27. The Labute approximate surface area is 179 Å². The number of hydrogen-bond acceptors (Lipinski definition) is 3. The van der Waals surface area contributed by atoms with Gasteiger partial charge < -0.3 is 14.6 Å². The van der Waals surface area contributed by atoms with Gasteiger partial charge in [0.15, 0.2) is 0 Å². The quantitative estimate of drug-likeness (QED) is 0.573. The van der Waals surface area contributed by atoms with E-state index in [2.05, 4.69) is 56.0 Å².